The van der Waals surface area contributed by atoms with E-state index in [1.807, 2.05) is 32.9 Å². The topological polar surface area (TPSA) is 38.8 Å². The molecule has 0 bridgehead atoms. The number of amides is 1. The summed E-state index contributed by atoms with van der Waals surface area (Å²) in [5.41, 5.74) is 1.04. The Bertz CT molecular complexity index is 510. The summed E-state index contributed by atoms with van der Waals surface area (Å²) in [4.78, 5) is 14.3. The fourth-order valence-electron chi connectivity index (χ4n) is 2.56. The number of hydrogen-bond donors (Lipinski definition) is 0. The molecule has 1 saturated heterocycles. The van der Waals surface area contributed by atoms with Crippen LogP contribution in [-0.4, -0.2) is 42.2 Å². The molecule has 0 saturated carbocycles. The second kappa shape index (κ2) is 6.67. The van der Waals surface area contributed by atoms with Crippen LogP contribution in [0.4, 0.5) is 0 Å². The van der Waals surface area contributed by atoms with Crippen LogP contribution >= 0.6 is 11.6 Å². The zero-order valence-electron chi connectivity index (χ0n) is 12.9. The minimum absolute atomic E-state index is 0.0328. The van der Waals surface area contributed by atoms with Gasteiger partial charge in [0.25, 0.3) is 5.91 Å². The molecule has 0 aliphatic carbocycles. The van der Waals surface area contributed by atoms with Crippen molar-refractivity contribution in [2.24, 2.45) is 0 Å². The minimum Gasteiger partial charge on any atom is -0.479 e. The molecule has 3 atom stereocenters. The first-order chi connectivity index (χ1) is 9.86. The van der Waals surface area contributed by atoms with Crippen molar-refractivity contribution < 1.29 is 14.3 Å². The molecule has 1 aromatic rings. The predicted molar refractivity (Wildman–Crippen MR) is 82.9 cm³/mol. The molecule has 1 aliphatic rings. The lowest BCUT2D eigenvalue weighted by Crippen LogP contribution is -2.51. The van der Waals surface area contributed by atoms with E-state index in [0.717, 1.165) is 5.56 Å². The van der Waals surface area contributed by atoms with E-state index in [1.165, 1.54) is 0 Å². The molecule has 1 fully saturated rings. The van der Waals surface area contributed by atoms with Crippen molar-refractivity contribution in [3.05, 3.63) is 28.8 Å². The first-order valence-electron chi connectivity index (χ1n) is 7.24. The van der Waals surface area contributed by atoms with Gasteiger partial charge in [0.05, 0.1) is 17.2 Å². The van der Waals surface area contributed by atoms with E-state index in [2.05, 4.69) is 0 Å². The van der Waals surface area contributed by atoms with Gasteiger partial charge in [-0.2, -0.15) is 0 Å². The maximum absolute atomic E-state index is 12.5. The molecule has 1 heterocycles. The molecule has 116 valence electrons. The smallest absolute Gasteiger partial charge is 0.263 e. The normalized spacial score (nSPS) is 23.8. The van der Waals surface area contributed by atoms with Gasteiger partial charge in [0.15, 0.2) is 6.10 Å². The highest BCUT2D eigenvalue weighted by atomic mass is 35.5. The summed E-state index contributed by atoms with van der Waals surface area (Å²) in [6, 6.07) is 5.53. The van der Waals surface area contributed by atoms with Crippen molar-refractivity contribution in [3.8, 4) is 5.75 Å². The summed E-state index contributed by atoms with van der Waals surface area (Å²) in [6.07, 6.45) is -0.471. The summed E-state index contributed by atoms with van der Waals surface area (Å²) in [7, 11) is 0. The van der Waals surface area contributed by atoms with Crippen LogP contribution in [-0.2, 0) is 9.53 Å². The van der Waals surface area contributed by atoms with Gasteiger partial charge in [-0.05, 0) is 45.4 Å². The molecule has 0 unspecified atom stereocenters. The van der Waals surface area contributed by atoms with Gasteiger partial charge in [-0.15, -0.1) is 0 Å². The number of carbonyl (C=O) groups excluding carboxylic acids is 1. The molecule has 21 heavy (non-hydrogen) atoms. The van der Waals surface area contributed by atoms with E-state index in [0.29, 0.717) is 23.9 Å². The Morgan fingerprint density at radius 3 is 2.62 bits per heavy atom. The van der Waals surface area contributed by atoms with E-state index >= 15 is 0 Å². The molecule has 0 aromatic heterocycles. The van der Waals surface area contributed by atoms with Crippen LogP contribution in [0.1, 0.15) is 26.3 Å². The highest BCUT2D eigenvalue weighted by Gasteiger charge is 2.29. The fraction of sp³-hybridized carbons (Fsp3) is 0.562. The van der Waals surface area contributed by atoms with Crippen LogP contribution < -0.4 is 4.74 Å². The van der Waals surface area contributed by atoms with Crippen LogP contribution in [0.5, 0.6) is 5.75 Å². The molecule has 4 nitrogen and oxygen atoms in total. The summed E-state index contributed by atoms with van der Waals surface area (Å²) in [5, 5.41) is 0.518. The third-order valence-corrected chi connectivity index (χ3v) is 3.78. The van der Waals surface area contributed by atoms with E-state index in [-0.39, 0.29) is 18.1 Å². The predicted octanol–water partition coefficient (Wildman–Crippen LogP) is 3.05. The largest absolute Gasteiger partial charge is 0.479 e. The number of ether oxygens (including phenoxy) is 2. The van der Waals surface area contributed by atoms with Crippen molar-refractivity contribution >= 4 is 17.5 Å². The molecule has 0 radical (unpaired) electrons. The van der Waals surface area contributed by atoms with Gasteiger partial charge in [-0.3, -0.25) is 4.79 Å². The zero-order valence-corrected chi connectivity index (χ0v) is 13.7. The summed E-state index contributed by atoms with van der Waals surface area (Å²) in [6.45, 7) is 8.85. The Labute approximate surface area is 131 Å². The molecule has 1 aromatic carbocycles. The van der Waals surface area contributed by atoms with Crippen LogP contribution in [0.2, 0.25) is 5.02 Å². The summed E-state index contributed by atoms with van der Waals surface area (Å²) >= 11 is 6.11. The molecular weight excluding hydrogens is 290 g/mol. The van der Waals surface area contributed by atoms with Crippen LogP contribution in [0.3, 0.4) is 0 Å². The van der Waals surface area contributed by atoms with E-state index in [4.69, 9.17) is 21.1 Å². The molecule has 0 spiro atoms. The van der Waals surface area contributed by atoms with Gasteiger partial charge in [0, 0.05) is 13.1 Å². The van der Waals surface area contributed by atoms with E-state index in [1.54, 1.807) is 17.9 Å². The second-order valence-electron chi connectivity index (χ2n) is 5.69. The van der Waals surface area contributed by atoms with Gasteiger partial charge >= 0.3 is 0 Å². The molecule has 1 amide bonds. The number of benzene rings is 1. The Morgan fingerprint density at radius 2 is 2.00 bits per heavy atom. The van der Waals surface area contributed by atoms with Crippen molar-refractivity contribution in [3.63, 3.8) is 0 Å². The molecule has 5 heteroatoms. The Morgan fingerprint density at radius 1 is 1.38 bits per heavy atom. The fourth-order valence-corrected chi connectivity index (χ4v) is 2.72. The lowest BCUT2D eigenvalue weighted by atomic mass is 10.2. The van der Waals surface area contributed by atoms with Crippen molar-refractivity contribution in [1.82, 2.24) is 4.90 Å². The molecule has 2 rings (SSSR count). The standard InChI is InChI=1S/C16H22ClNO3/c1-10-5-6-14(17)15(7-10)21-13(4)16(19)18-8-11(2)20-12(3)9-18/h5-7,11-13H,8-9H2,1-4H3/t11-,12-,13-/m1/s1. The number of morpholine rings is 1. The first-order valence-corrected chi connectivity index (χ1v) is 7.61. The number of aryl methyl sites for hydroxylation is 1. The Hall–Kier alpha value is -1.26. The van der Waals surface area contributed by atoms with E-state index in [9.17, 15) is 4.79 Å². The highest BCUT2D eigenvalue weighted by Crippen LogP contribution is 2.26. The highest BCUT2D eigenvalue weighted by molar-refractivity contribution is 6.32. The summed E-state index contributed by atoms with van der Waals surface area (Å²) in [5.74, 6) is 0.515. The van der Waals surface area contributed by atoms with Gasteiger partial charge in [0.2, 0.25) is 0 Å². The van der Waals surface area contributed by atoms with Gasteiger partial charge < -0.3 is 14.4 Å². The number of nitrogens with zero attached hydrogens (tertiary/aromatic N) is 1. The van der Waals surface area contributed by atoms with Gasteiger partial charge in [-0.25, -0.2) is 0 Å². The number of halogens is 1. The lowest BCUT2D eigenvalue weighted by molar-refractivity contribution is -0.149. The zero-order chi connectivity index (χ0) is 15.6. The third kappa shape index (κ3) is 4.11. The summed E-state index contributed by atoms with van der Waals surface area (Å²) < 4.78 is 11.4. The number of rotatable bonds is 3. The molecule has 0 N–H and O–H groups in total. The monoisotopic (exact) mass is 311 g/mol. The number of carbonyl (C=O) groups is 1. The maximum atomic E-state index is 12.5. The molecular formula is C16H22ClNO3. The Kier molecular flexibility index (Phi) is 5.12. The van der Waals surface area contributed by atoms with Crippen molar-refractivity contribution in [1.29, 1.82) is 0 Å². The maximum Gasteiger partial charge on any atom is 0.263 e. The minimum atomic E-state index is -0.568. The van der Waals surface area contributed by atoms with Crippen LogP contribution in [0, 0.1) is 6.92 Å². The average Bonchev–Trinajstić information content (AvgIpc) is 2.41. The lowest BCUT2D eigenvalue weighted by Gasteiger charge is -2.36. The van der Waals surface area contributed by atoms with Gasteiger partial charge in [0.1, 0.15) is 5.75 Å². The SMILES string of the molecule is Cc1ccc(Cl)c(O[C@H](C)C(=O)N2C[C@@H](C)O[C@H](C)C2)c1. The van der Waals surface area contributed by atoms with E-state index < -0.39 is 6.10 Å². The van der Waals surface area contributed by atoms with Gasteiger partial charge in [-0.1, -0.05) is 17.7 Å². The third-order valence-electron chi connectivity index (χ3n) is 3.47. The second-order valence-corrected chi connectivity index (χ2v) is 6.10. The quantitative estimate of drug-likeness (QED) is 0.861. The van der Waals surface area contributed by atoms with Crippen LogP contribution in [0.25, 0.3) is 0 Å². The molecule has 1 aliphatic heterocycles. The first kappa shape index (κ1) is 16.1. The van der Waals surface area contributed by atoms with Crippen molar-refractivity contribution in [2.45, 2.75) is 46.0 Å². The van der Waals surface area contributed by atoms with Crippen LogP contribution in [0.15, 0.2) is 18.2 Å². The van der Waals surface area contributed by atoms with Crippen molar-refractivity contribution in [2.75, 3.05) is 13.1 Å². The Balaban J connectivity index is 2.04. The number of hydrogen-bond acceptors (Lipinski definition) is 3. The average molecular weight is 312 g/mol.